The average Bonchev–Trinajstić information content (AvgIpc) is 2.82. The molecule has 106 valence electrons. The predicted octanol–water partition coefficient (Wildman–Crippen LogP) is 0.617. The van der Waals surface area contributed by atoms with Gasteiger partial charge in [-0.3, -0.25) is 0 Å². The van der Waals surface area contributed by atoms with Crippen molar-refractivity contribution in [3.63, 3.8) is 0 Å². The molecule has 0 aromatic carbocycles. The Morgan fingerprint density at radius 3 is 3.20 bits per heavy atom. The third kappa shape index (κ3) is 2.49. The van der Waals surface area contributed by atoms with Crippen molar-refractivity contribution in [2.75, 3.05) is 31.6 Å². The molecule has 0 saturated carbocycles. The van der Waals surface area contributed by atoms with Crippen LogP contribution in [0.25, 0.3) is 11.2 Å². The van der Waals surface area contributed by atoms with Gasteiger partial charge in [-0.25, -0.2) is 14.8 Å². The van der Waals surface area contributed by atoms with E-state index in [-0.39, 0.29) is 6.09 Å². The molecular formula is C12H16N6O2. The third-order valence-corrected chi connectivity index (χ3v) is 3.20. The first-order valence-electron chi connectivity index (χ1n) is 6.54. The van der Waals surface area contributed by atoms with Gasteiger partial charge in [0.15, 0.2) is 5.65 Å². The lowest BCUT2D eigenvalue weighted by atomic mass is 10.3. The zero-order valence-corrected chi connectivity index (χ0v) is 11.2. The maximum atomic E-state index is 11.4. The second-order valence-electron chi connectivity index (χ2n) is 4.64. The summed E-state index contributed by atoms with van der Waals surface area (Å²) >= 11 is 0. The van der Waals surface area contributed by atoms with Crippen molar-refractivity contribution in [1.29, 1.82) is 0 Å². The standard InChI is InChI=1S/C12H16N6O2/c1-17-8-15-10-9(17)7-14-11(16-10)13-3-5-18-4-2-6-20-12(18)19/h7-8H,2-6H2,1H3,(H,13,14,16). The van der Waals surface area contributed by atoms with Crippen LogP contribution < -0.4 is 5.32 Å². The predicted molar refractivity (Wildman–Crippen MR) is 72.3 cm³/mol. The number of carbonyl (C=O) groups is 1. The highest BCUT2D eigenvalue weighted by Crippen LogP contribution is 2.10. The summed E-state index contributed by atoms with van der Waals surface area (Å²) in [6.07, 6.45) is 4.06. The van der Waals surface area contributed by atoms with Crippen molar-refractivity contribution >= 4 is 23.2 Å². The van der Waals surface area contributed by atoms with Gasteiger partial charge in [-0.1, -0.05) is 0 Å². The first kappa shape index (κ1) is 12.6. The number of fused-ring (bicyclic) bond motifs is 1. The van der Waals surface area contributed by atoms with Gasteiger partial charge in [0.2, 0.25) is 5.95 Å². The molecule has 0 radical (unpaired) electrons. The molecule has 1 saturated heterocycles. The third-order valence-electron chi connectivity index (χ3n) is 3.20. The molecule has 1 aliphatic heterocycles. The summed E-state index contributed by atoms with van der Waals surface area (Å²) in [7, 11) is 1.90. The average molecular weight is 276 g/mol. The van der Waals surface area contributed by atoms with Gasteiger partial charge in [-0.15, -0.1) is 0 Å². The molecule has 2 aromatic heterocycles. The van der Waals surface area contributed by atoms with Crippen LogP contribution in [0.4, 0.5) is 10.7 Å². The van der Waals surface area contributed by atoms with Crippen molar-refractivity contribution in [3.8, 4) is 0 Å². The monoisotopic (exact) mass is 276 g/mol. The number of aryl methyl sites for hydroxylation is 1. The minimum absolute atomic E-state index is 0.251. The molecule has 20 heavy (non-hydrogen) atoms. The Morgan fingerprint density at radius 2 is 2.35 bits per heavy atom. The van der Waals surface area contributed by atoms with Crippen LogP contribution in [0.1, 0.15) is 6.42 Å². The van der Waals surface area contributed by atoms with Crippen LogP contribution in [-0.4, -0.2) is 56.8 Å². The largest absolute Gasteiger partial charge is 0.449 e. The first-order chi connectivity index (χ1) is 9.74. The minimum Gasteiger partial charge on any atom is -0.449 e. The van der Waals surface area contributed by atoms with Crippen LogP contribution >= 0.6 is 0 Å². The Kier molecular flexibility index (Phi) is 3.36. The number of aromatic nitrogens is 4. The van der Waals surface area contributed by atoms with E-state index in [0.717, 1.165) is 18.5 Å². The van der Waals surface area contributed by atoms with Gasteiger partial charge in [-0.2, -0.15) is 4.98 Å². The fourth-order valence-corrected chi connectivity index (χ4v) is 2.10. The molecule has 1 N–H and O–H groups in total. The molecule has 1 fully saturated rings. The molecule has 0 unspecified atom stereocenters. The summed E-state index contributed by atoms with van der Waals surface area (Å²) in [6.45, 7) is 2.40. The molecule has 1 aliphatic rings. The number of nitrogens with one attached hydrogen (secondary N) is 1. The molecular weight excluding hydrogens is 260 g/mol. The van der Waals surface area contributed by atoms with E-state index in [1.165, 1.54) is 0 Å². The van der Waals surface area contributed by atoms with E-state index < -0.39 is 0 Å². The van der Waals surface area contributed by atoms with E-state index in [1.54, 1.807) is 17.4 Å². The Balaban J connectivity index is 1.58. The summed E-state index contributed by atoms with van der Waals surface area (Å²) in [4.78, 5) is 25.8. The number of amides is 1. The fraction of sp³-hybridized carbons (Fsp3) is 0.500. The number of hydrogen-bond donors (Lipinski definition) is 1. The zero-order chi connectivity index (χ0) is 13.9. The molecule has 8 heteroatoms. The maximum absolute atomic E-state index is 11.4. The van der Waals surface area contributed by atoms with E-state index in [1.807, 2.05) is 11.6 Å². The summed E-state index contributed by atoms with van der Waals surface area (Å²) in [5.74, 6) is 0.515. The van der Waals surface area contributed by atoms with Crippen LogP contribution in [0.5, 0.6) is 0 Å². The smallest absolute Gasteiger partial charge is 0.409 e. The van der Waals surface area contributed by atoms with Crippen LogP contribution in [0.3, 0.4) is 0 Å². The molecule has 2 aromatic rings. The van der Waals surface area contributed by atoms with Gasteiger partial charge in [0, 0.05) is 26.7 Å². The van der Waals surface area contributed by atoms with E-state index >= 15 is 0 Å². The van der Waals surface area contributed by atoms with E-state index in [2.05, 4.69) is 20.3 Å². The van der Waals surface area contributed by atoms with Crippen molar-refractivity contribution in [2.24, 2.45) is 7.05 Å². The van der Waals surface area contributed by atoms with Crippen molar-refractivity contribution in [2.45, 2.75) is 6.42 Å². The molecule has 1 amide bonds. The van der Waals surface area contributed by atoms with Crippen LogP contribution in [0.15, 0.2) is 12.5 Å². The lowest BCUT2D eigenvalue weighted by Crippen LogP contribution is -2.40. The Hall–Kier alpha value is -2.38. The van der Waals surface area contributed by atoms with Crippen LogP contribution in [-0.2, 0) is 11.8 Å². The van der Waals surface area contributed by atoms with Crippen LogP contribution in [0, 0.1) is 0 Å². The minimum atomic E-state index is -0.251. The molecule has 0 bridgehead atoms. The lowest BCUT2D eigenvalue weighted by Gasteiger charge is -2.26. The number of anilines is 1. The van der Waals surface area contributed by atoms with Gasteiger partial charge in [-0.05, 0) is 6.42 Å². The van der Waals surface area contributed by atoms with Gasteiger partial charge in [0.25, 0.3) is 0 Å². The van der Waals surface area contributed by atoms with Gasteiger partial charge in [0.1, 0.15) is 5.52 Å². The number of imidazole rings is 1. The summed E-state index contributed by atoms with van der Waals surface area (Å²) in [6, 6.07) is 0. The number of carbonyl (C=O) groups excluding carboxylic acids is 1. The Bertz CT molecular complexity index is 625. The second kappa shape index (κ2) is 5.32. The van der Waals surface area contributed by atoms with Gasteiger partial charge < -0.3 is 19.5 Å². The summed E-state index contributed by atoms with van der Waals surface area (Å²) in [5.41, 5.74) is 1.54. The molecule has 3 heterocycles. The maximum Gasteiger partial charge on any atom is 0.409 e. The van der Waals surface area contributed by atoms with E-state index in [4.69, 9.17) is 4.74 Å². The topological polar surface area (TPSA) is 85.2 Å². The number of ether oxygens (including phenoxy) is 1. The molecule has 0 atom stereocenters. The highest BCUT2D eigenvalue weighted by molar-refractivity contribution is 5.70. The van der Waals surface area contributed by atoms with E-state index in [0.29, 0.717) is 31.3 Å². The molecule has 8 nitrogen and oxygen atoms in total. The summed E-state index contributed by atoms with van der Waals surface area (Å²) in [5, 5.41) is 3.09. The van der Waals surface area contributed by atoms with Gasteiger partial charge >= 0.3 is 6.09 Å². The van der Waals surface area contributed by atoms with Crippen LogP contribution in [0.2, 0.25) is 0 Å². The second-order valence-corrected chi connectivity index (χ2v) is 4.64. The number of nitrogens with zero attached hydrogens (tertiary/aromatic N) is 5. The highest BCUT2D eigenvalue weighted by Gasteiger charge is 2.18. The normalized spacial score (nSPS) is 15.4. The molecule has 0 aliphatic carbocycles. The van der Waals surface area contributed by atoms with Crippen molar-refractivity contribution in [3.05, 3.63) is 12.5 Å². The first-order valence-corrected chi connectivity index (χ1v) is 6.54. The van der Waals surface area contributed by atoms with E-state index in [9.17, 15) is 4.79 Å². The van der Waals surface area contributed by atoms with Crippen molar-refractivity contribution < 1.29 is 9.53 Å². The van der Waals surface area contributed by atoms with Gasteiger partial charge in [0.05, 0.1) is 19.1 Å². The number of cyclic esters (lactones) is 1. The molecule has 0 spiro atoms. The quantitative estimate of drug-likeness (QED) is 0.881. The SMILES string of the molecule is Cn1cnc2nc(NCCN3CCCOC3=O)ncc21. The number of hydrogen-bond acceptors (Lipinski definition) is 6. The Morgan fingerprint density at radius 1 is 1.45 bits per heavy atom. The number of rotatable bonds is 4. The highest BCUT2D eigenvalue weighted by atomic mass is 16.6. The fourth-order valence-electron chi connectivity index (χ4n) is 2.10. The van der Waals surface area contributed by atoms with Crippen molar-refractivity contribution in [1.82, 2.24) is 24.4 Å². The summed E-state index contributed by atoms with van der Waals surface area (Å²) < 4.78 is 6.83. The zero-order valence-electron chi connectivity index (χ0n) is 11.2. The molecule has 3 rings (SSSR count). The lowest BCUT2D eigenvalue weighted by molar-refractivity contribution is 0.0746. The Labute approximate surface area is 115 Å².